The van der Waals surface area contributed by atoms with Crippen molar-refractivity contribution in [3.8, 4) is 0 Å². The van der Waals surface area contributed by atoms with Crippen LogP contribution in [0.15, 0.2) is 11.6 Å². The maximum absolute atomic E-state index is 10.8. The Hall–Kier alpha value is -0.830. The third-order valence-corrected chi connectivity index (χ3v) is 2.82. The second-order valence-corrected chi connectivity index (χ2v) is 4.14. The van der Waals surface area contributed by atoms with Crippen molar-refractivity contribution in [3.05, 3.63) is 11.6 Å². The van der Waals surface area contributed by atoms with Crippen LogP contribution in [-0.2, 0) is 4.79 Å². The molecule has 0 saturated carbocycles. The largest absolute Gasteiger partial charge is 0.478 e. The van der Waals surface area contributed by atoms with E-state index in [1.807, 2.05) is 13.0 Å². The molecule has 0 saturated heterocycles. The number of allylic oxidation sites excluding steroid dienone is 1. The standard InChI is InChI=1S/C13H24O3/c1-3-6-11(7-5-10-14)8-9-12(4-2)13(15)16/h9,11,14H,3-8,10H2,1-2H3,(H,15,16)/t11-/m1/s1. The molecule has 0 spiro atoms. The lowest BCUT2D eigenvalue weighted by Crippen LogP contribution is -2.04. The van der Waals surface area contributed by atoms with E-state index in [1.54, 1.807) is 0 Å². The Morgan fingerprint density at radius 2 is 2.00 bits per heavy atom. The van der Waals surface area contributed by atoms with Gasteiger partial charge in [0.25, 0.3) is 0 Å². The van der Waals surface area contributed by atoms with Gasteiger partial charge in [0.2, 0.25) is 0 Å². The number of carbonyl (C=O) groups is 1. The third kappa shape index (κ3) is 6.62. The fraction of sp³-hybridized carbons (Fsp3) is 0.769. The first kappa shape index (κ1) is 15.2. The first-order valence-corrected chi connectivity index (χ1v) is 6.18. The highest BCUT2D eigenvalue weighted by molar-refractivity contribution is 5.86. The van der Waals surface area contributed by atoms with Crippen molar-refractivity contribution in [2.45, 2.75) is 52.4 Å². The SMILES string of the molecule is CCC[C@@H](CC=C(CC)C(=O)O)CCCO. The zero-order valence-corrected chi connectivity index (χ0v) is 10.4. The van der Waals surface area contributed by atoms with Crippen molar-refractivity contribution in [1.29, 1.82) is 0 Å². The number of rotatable bonds is 9. The fourth-order valence-corrected chi connectivity index (χ4v) is 1.86. The molecule has 0 fully saturated rings. The van der Waals surface area contributed by atoms with Crippen molar-refractivity contribution in [2.75, 3.05) is 6.61 Å². The molecular weight excluding hydrogens is 204 g/mol. The van der Waals surface area contributed by atoms with Gasteiger partial charge >= 0.3 is 5.97 Å². The number of aliphatic hydroxyl groups is 1. The van der Waals surface area contributed by atoms with Gasteiger partial charge in [0.05, 0.1) is 0 Å². The Kier molecular flexibility index (Phi) is 8.91. The van der Waals surface area contributed by atoms with E-state index in [2.05, 4.69) is 6.92 Å². The molecule has 0 radical (unpaired) electrons. The summed E-state index contributed by atoms with van der Waals surface area (Å²) in [6.45, 7) is 4.22. The highest BCUT2D eigenvalue weighted by atomic mass is 16.4. The van der Waals surface area contributed by atoms with Gasteiger partial charge in [0, 0.05) is 12.2 Å². The molecule has 3 heteroatoms. The van der Waals surface area contributed by atoms with E-state index in [0.717, 1.165) is 32.1 Å². The van der Waals surface area contributed by atoms with Crippen LogP contribution in [0.2, 0.25) is 0 Å². The van der Waals surface area contributed by atoms with Crippen LogP contribution in [-0.4, -0.2) is 22.8 Å². The molecule has 0 unspecified atom stereocenters. The summed E-state index contributed by atoms with van der Waals surface area (Å²) in [4.78, 5) is 10.8. The third-order valence-electron chi connectivity index (χ3n) is 2.82. The van der Waals surface area contributed by atoms with Crippen LogP contribution in [0.1, 0.15) is 52.4 Å². The average Bonchev–Trinajstić information content (AvgIpc) is 2.26. The van der Waals surface area contributed by atoms with Gasteiger partial charge in [0.15, 0.2) is 0 Å². The van der Waals surface area contributed by atoms with Gasteiger partial charge in [-0.1, -0.05) is 32.8 Å². The first-order valence-electron chi connectivity index (χ1n) is 6.18. The number of carboxylic acid groups (broad SMARTS) is 1. The van der Waals surface area contributed by atoms with Crippen molar-refractivity contribution in [1.82, 2.24) is 0 Å². The summed E-state index contributed by atoms with van der Waals surface area (Å²) in [6.07, 6.45) is 7.26. The molecule has 0 heterocycles. The lowest BCUT2D eigenvalue weighted by Gasteiger charge is -2.13. The molecule has 0 aromatic carbocycles. The van der Waals surface area contributed by atoms with Gasteiger partial charge in [-0.25, -0.2) is 4.79 Å². The van der Waals surface area contributed by atoms with Gasteiger partial charge in [-0.05, 0) is 31.6 Å². The second kappa shape index (κ2) is 9.40. The lowest BCUT2D eigenvalue weighted by atomic mass is 9.93. The molecule has 0 aromatic heterocycles. The van der Waals surface area contributed by atoms with E-state index in [-0.39, 0.29) is 6.61 Å². The van der Waals surface area contributed by atoms with Gasteiger partial charge in [0.1, 0.15) is 0 Å². The molecular formula is C13H24O3. The molecule has 0 amide bonds. The fourth-order valence-electron chi connectivity index (χ4n) is 1.86. The Morgan fingerprint density at radius 3 is 2.44 bits per heavy atom. The Balaban J connectivity index is 4.20. The molecule has 94 valence electrons. The zero-order chi connectivity index (χ0) is 12.4. The summed E-state index contributed by atoms with van der Waals surface area (Å²) in [5.41, 5.74) is 0.505. The molecule has 16 heavy (non-hydrogen) atoms. The monoisotopic (exact) mass is 228 g/mol. The van der Waals surface area contributed by atoms with Crippen LogP contribution in [0.3, 0.4) is 0 Å². The minimum absolute atomic E-state index is 0.226. The lowest BCUT2D eigenvalue weighted by molar-refractivity contribution is -0.132. The zero-order valence-electron chi connectivity index (χ0n) is 10.4. The molecule has 2 N–H and O–H groups in total. The maximum Gasteiger partial charge on any atom is 0.331 e. The van der Waals surface area contributed by atoms with Crippen molar-refractivity contribution < 1.29 is 15.0 Å². The molecule has 0 aliphatic carbocycles. The minimum Gasteiger partial charge on any atom is -0.478 e. The van der Waals surface area contributed by atoms with Crippen LogP contribution in [0, 0.1) is 5.92 Å². The van der Waals surface area contributed by atoms with Gasteiger partial charge in [-0.2, -0.15) is 0 Å². The van der Waals surface area contributed by atoms with Crippen LogP contribution in [0.5, 0.6) is 0 Å². The summed E-state index contributed by atoms with van der Waals surface area (Å²) in [6, 6.07) is 0. The number of hydrogen-bond donors (Lipinski definition) is 2. The van der Waals surface area contributed by atoms with Crippen molar-refractivity contribution in [3.63, 3.8) is 0 Å². The van der Waals surface area contributed by atoms with E-state index < -0.39 is 5.97 Å². The smallest absolute Gasteiger partial charge is 0.331 e. The topological polar surface area (TPSA) is 57.5 Å². The summed E-state index contributed by atoms with van der Waals surface area (Å²) in [5, 5.41) is 17.7. The van der Waals surface area contributed by atoms with Crippen LogP contribution in [0.25, 0.3) is 0 Å². The number of aliphatic carboxylic acids is 1. The Bertz CT molecular complexity index is 221. The second-order valence-electron chi connectivity index (χ2n) is 4.14. The predicted molar refractivity (Wildman–Crippen MR) is 65.3 cm³/mol. The Morgan fingerprint density at radius 1 is 1.31 bits per heavy atom. The van der Waals surface area contributed by atoms with Crippen LogP contribution in [0.4, 0.5) is 0 Å². The minimum atomic E-state index is -0.806. The normalized spacial score (nSPS) is 13.8. The molecule has 0 aliphatic rings. The predicted octanol–water partition coefficient (Wildman–Crippen LogP) is 2.99. The maximum atomic E-state index is 10.8. The first-order chi connectivity index (χ1) is 7.65. The van der Waals surface area contributed by atoms with Crippen LogP contribution < -0.4 is 0 Å². The summed E-state index contributed by atoms with van der Waals surface area (Å²) in [5.74, 6) is -0.294. The molecule has 3 nitrogen and oxygen atoms in total. The Labute approximate surface area is 98.2 Å². The van der Waals surface area contributed by atoms with E-state index in [0.29, 0.717) is 17.9 Å². The van der Waals surface area contributed by atoms with Gasteiger partial charge in [-0.15, -0.1) is 0 Å². The summed E-state index contributed by atoms with van der Waals surface area (Å²) < 4.78 is 0. The van der Waals surface area contributed by atoms with E-state index in [1.165, 1.54) is 0 Å². The summed E-state index contributed by atoms with van der Waals surface area (Å²) in [7, 11) is 0. The number of aliphatic hydroxyl groups excluding tert-OH is 1. The molecule has 0 aliphatic heterocycles. The van der Waals surface area contributed by atoms with Gasteiger partial charge < -0.3 is 10.2 Å². The highest BCUT2D eigenvalue weighted by Crippen LogP contribution is 2.19. The molecule has 0 aromatic rings. The number of hydrogen-bond acceptors (Lipinski definition) is 2. The molecule has 1 atom stereocenters. The van der Waals surface area contributed by atoms with E-state index in [9.17, 15) is 4.79 Å². The summed E-state index contributed by atoms with van der Waals surface area (Å²) >= 11 is 0. The van der Waals surface area contributed by atoms with Crippen LogP contribution >= 0.6 is 0 Å². The van der Waals surface area contributed by atoms with Crippen molar-refractivity contribution in [2.24, 2.45) is 5.92 Å². The molecule has 0 bridgehead atoms. The van der Waals surface area contributed by atoms with Crippen molar-refractivity contribution >= 4 is 5.97 Å². The highest BCUT2D eigenvalue weighted by Gasteiger charge is 2.08. The average molecular weight is 228 g/mol. The number of carboxylic acids is 1. The van der Waals surface area contributed by atoms with E-state index >= 15 is 0 Å². The van der Waals surface area contributed by atoms with E-state index in [4.69, 9.17) is 10.2 Å². The quantitative estimate of drug-likeness (QED) is 0.596. The van der Waals surface area contributed by atoms with Gasteiger partial charge in [-0.3, -0.25) is 0 Å². The molecule has 0 rings (SSSR count).